The van der Waals surface area contributed by atoms with Crippen molar-refractivity contribution in [3.63, 3.8) is 0 Å². The molecular formula is C22H33IN8. The van der Waals surface area contributed by atoms with Gasteiger partial charge in [0, 0.05) is 32.6 Å². The molecule has 8 nitrogen and oxygen atoms in total. The van der Waals surface area contributed by atoms with E-state index >= 15 is 0 Å². The molecule has 2 N–H and O–H groups in total. The molecule has 0 aliphatic carbocycles. The molecule has 0 aliphatic heterocycles. The Kier molecular flexibility index (Phi) is 9.96. The Morgan fingerprint density at radius 2 is 1.94 bits per heavy atom. The summed E-state index contributed by atoms with van der Waals surface area (Å²) in [5.74, 6) is 2.84. The summed E-state index contributed by atoms with van der Waals surface area (Å²) in [6, 6.07) is 8.27. The van der Waals surface area contributed by atoms with Crippen LogP contribution in [-0.2, 0) is 19.5 Å². The zero-order valence-corrected chi connectivity index (χ0v) is 21.0. The van der Waals surface area contributed by atoms with Crippen LogP contribution in [0.1, 0.15) is 31.9 Å². The first kappa shape index (κ1) is 24.8. The Bertz CT molecular complexity index is 1000. The number of hydrogen-bond acceptors (Lipinski definition) is 4. The number of halogens is 1. The van der Waals surface area contributed by atoms with Gasteiger partial charge in [-0.05, 0) is 32.4 Å². The molecule has 3 rings (SSSR count). The molecule has 0 amide bonds. The molecule has 0 spiro atoms. The van der Waals surface area contributed by atoms with Crippen molar-refractivity contribution in [1.82, 2.24) is 34.9 Å². The average molecular weight is 536 g/mol. The lowest BCUT2D eigenvalue weighted by Crippen LogP contribution is -2.40. The number of hydrogen-bond donors (Lipinski definition) is 2. The second-order valence-electron chi connectivity index (χ2n) is 7.42. The minimum Gasteiger partial charge on any atom is -0.356 e. The van der Waals surface area contributed by atoms with Gasteiger partial charge in [-0.15, -0.1) is 34.2 Å². The van der Waals surface area contributed by atoms with Gasteiger partial charge in [0.05, 0.1) is 17.6 Å². The van der Waals surface area contributed by atoms with Gasteiger partial charge in [0.25, 0.3) is 0 Å². The van der Waals surface area contributed by atoms with Gasteiger partial charge in [0.15, 0.2) is 5.96 Å². The molecule has 168 valence electrons. The van der Waals surface area contributed by atoms with Crippen LogP contribution in [-0.4, -0.2) is 49.9 Å². The topological polar surface area (TPSA) is 85.0 Å². The molecule has 0 saturated carbocycles. The summed E-state index contributed by atoms with van der Waals surface area (Å²) in [7, 11) is 0. The first-order valence-corrected chi connectivity index (χ1v) is 10.5. The Morgan fingerprint density at radius 1 is 1.16 bits per heavy atom. The van der Waals surface area contributed by atoms with Crippen molar-refractivity contribution < 1.29 is 0 Å². The van der Waals surface area contributed by atoms with Crippen LogP contribution in [0.3, 0.4) is 0 Å². The monoisotopic (exact) mass is 536 g/mol. The van der Waals surface area contributed by atoms with Crippen LogP contribution in [0.25, 0.3) is 11.0 Å². The quantitative estimate of drug-likeness (QED) is 0.137. The Balaban J connectivity index is 0.00000341. The van der Waals surface area contributed by atoms with E-state index in [2.05, 4.69) is 78.6 Å². The van der Waals surface area contributed by atoms with E-state index in [4.69, 9.17) is 0 Å². The lowest BCUT2D eigenvalue weighted by Gasteiger charge is -2.14. The van der Waals surface area contributed by atoms with E-state index in [1.165, 1.54) is 5.52 Å². The van der Waals surface area contributed by atoms with Crippen molar-refractivity contribution in [2.45, 2.75) is 46.7 Å². The third-order valence-electron chi connectivity index (χ3n) is 4.86. The maximum atomic E-state index is 4.64. The first-order valence-electron chi connectivity index (χ1n) is 10.5. The van der Waals surface area contributed by atoms with Crippen molar-refractivity contribution in [3.05, 3.63) is 54.4 Å². The molecule has 31 heavy (non-hydrogen) atoms. The van der Waals surface area contributed by atoms with Crippen LogP contribution in [0, 0.1) is 6.92 Å². The number of nitrogens with one attached hydrogen (secondary N) is 2. The molecule has 0 saturated heterocycles. The van der Waals surface area contributed by atoms with Gasteiger partial charge in [-0.25, -0.2) is 9.98 Å². The van der Waals surface area contributed by atoms with Gasteiger partial charge < -0.3 is 19.8 Å². The number of nitrogens with zero attached hydrogens (tertiary/aromatic N) is 6. The van der Waals surface area contributed by atoms with Gasteiger partial charge in [0.1, 0.15) is 18.0 Å². The number of aromatic nitrogens is 5. The predicted molar refractivity (Wildman–Crippen MR) is 137 cm³/mol. The second kappa shape index (κ2) is 12.4. The zero-order chi connectivity index (χ0) is 21.3. The summed E-state index contributed by atoms with van der Waals surface area (Å²) < 4.78 is 4.34. The SMILES string of the molecule is C=C(C)CN=C(NCCCn1c(C)nc2ccccc21)NCCn1cnnc1CC.I. The van der Waals surface area contributed by atoms with E-state index in [-0.39, 0.29) is 24.0 Å². The van der Waals surface area contributed by atoms with E-state index in [0.717, 1.165) is 67.7 Å². The Labute approximate surface area is 201 Å². The predicted octanol–water partition coefficient (Wildman–Crippen LogP) is 3.32. The van der Waals surface area contributed by atoms with Crippen molar-refractivity contribution in [2.24, 2.45) is 4.99 Å². The van der Waals surface area contributed by atoms with Crippen LogP contribution in [0.2, 0.25) is 0 Å². The summed E-state index contributed by atoms with van der Waals surface area (Å²) in [6.07, 6.45) is 3.62. The molecule has 0 radical (unpaired) electrons. The highest BCUT2D eigenvalue weighted by atomic mass is 127. The van der Waals surface area contributed by atoms with Crippen LogP contribution in [0.5, 0.6) is 0 Å². The largest absolute Gasteiger partial charge is 0.356 e. The van der Waals surface area contributed by atoms with Crippen LogP contribution in [0.15, 0.2) is 47.7 Å². The number of guanidine groups is 1. The second-order valence-corrected chi connectivity index (χ2v) is 7.42. The normalized spacial score (nSPS) is 11.4. The summed E-state index contributed by atoms with van der Waals surface area (Å²) in [4.78, 5) is 9.26. The molecule has 0 aliphatic rings. The van der Waals surface area contributed by atoms with Crippen molar-refractivity contribution in [2.75, 3.05) is 19.6 Å². The zero-order valence-electron chi connectivity index (χ0n) is 18.6. The fourth-order valence-corrected chi connectivity index (χ4v) is 3.34. The number of fused-ring (bicyclic) bond motifs is 1. The minimum atomic E-state index is 0. The number of rotatable bonds is 10. The summed E-state index contributed by atoms with van der Waals surface area (Å²) >= 11 is 0. The van der Waals surface area contributed by atoms with Crippen molar-refractivity contribution in [3.8, 4) is 0 Å². The van der Waals surface area contributed by atoms with Gasteiger partial charge in [-0.3, -0.25) is 0 Å². The number of aryl methyl sites for hydroxylation is 3. The molecule has 0 atom stereocenters. The van der Waals surface area contributed by atoms with Crippen molar-refractivity contribution in [1.29, 1.82) is 0 Å². The molecule has 9 heteroatoms. The highest BCUT2D eigenvalue weighted by Crippen LogP contribution is 2.15. The molecule has 2 heterocycles. The smallest absolute Gasteiger partial charge is 0.191 e. The number of aliphatic imine (C=N–C) groups is 1. The fraction of sp³-hybridized carbons (Fsp3) is 0.455. The van der Waals surface area contributed by atoms with Gasteiger partial charge in [-0.2, -0.15) is 0 Å². The molecule has 3 aromatic rings. The van der Waals surface area contributed by atoms with Crippen LogP contribution < -0.4 is 10.6 Å². The van der Waals surface area contributed by atoms with Gasteiger partial charge in [0.2, 0.25) is 0 Å². The molecule has 0 fully saturated rings. The highest BCUT2D eigenvalue weighted by molar-refractivity contribution is 14.0. The van der Waals surface area contributed by atoms with Crippen molar-refractivity contribution >= 4 is 41.0 Å². The lowest BCUT2D eigenvalue weighted by atomic mass is 10.3. The average Bonchev–Trinajstić information content (AvgIpc) is 3.32. The van der Waals surface area contributed by atoms with Gasteiger partial charge in [-0.1, -0.05) is 31.2 Å². The molecule has 1 aromatic carbocycles. The number of para-hydroxylation sites is 2. The maximum Gasteiger partial charge on any atom is 0.191 e. The maximum absolute atomic E-state index is 4.64. The van der Waals surface area contributed by atoms with Gasteiger partial charge >= 0.3 is 0 Å². The third-order valence-corrected chi connectivity index (χ3v) is 4.86. The summed E-state index contributed by atoms with van der Waals surface area (Å²) in [5, 5.41) is 14.9. The van der Waals surface area contributed by atoms with Crippen LogP contribution >= 0.6 is 24.0 Å². The molecule has 0 unspecified atom stereocenters. The fourth-order valence-electron chi connectivity index (χ4n) is 3.34. The lowest BCUT2D eigenvalue weighted by molar-refractivity contribution is 0.610. The summed E-state index contributed by atoms with van der Waals surface area (Å²) in [6.45, 7) is 14.0. The number of benzene rings is 1. The van der Waals surface area contributed by atoms with E-state index in [9.17, 15) is 0 Å². The Morgan fingerprint density at radius 3 is 2.71 bits per heavy atom. The standard InChI is InChI=1S/C22H32N8.HI/c1-5-21-28-26-16-29(21)14-12-24-22(25-15-17(2)3)23-11-8-13-30-18(4)27-19-9-6-7-10-20(19)30;/h6-7,9-10,16H,2,5,8,11-15H2,1,3-4H3,(H2,23,24,25);1H. The first-order chi connectivity index (χ1) is 14.6. The third kappa shape index (κ3) is 7.05. The van der Waals surface area contributed by atoms with E-state index in [1.54, 1.807) is 6.33 Å². The van der Waals surface area contributed by atoms with E-state index in [0.29, 0.717) is 6.54 Å². The Hall–Kier alpha value is -2.43. The highest BCUT2D eigenvalue weighted by Gasteiger charge is 2.07. The summed E-state index contributed by atoms with van der Waals surface area (Å²) in [5.41, 5.74) is 3.27. The van der Waals surface area contributed by atoms with E-state index < -0.39 is 0 Å². The minimum absolute atomic E-state index is 0. The molecular weight excluding hydrogens is 503 g/mol. The van der Waals surface area contributed by atoms with Crippen LogP contribution in [0.4, 0.5) is 0 Å². The molecule has 2 aromatic heterocycles. The number of imidazole rings is 1. The van der Waals surface area contributed by atoms with E-state index in [1.807, 2.05) is 13.0 Å². The molecule has 0 bridgehead atoms.